The fourth-order valence-electron chi connectivity index (χ4n) is 4.68. The molecule has 0 amide bonds. The van der Waals surface area contributed by atoms with Crippen LogP contribution >= 0.6 is 46.3 Å². The Bertz CT molecular complexity index is 1170. The van der Waals surface area contributed by atoms with Crippen molar-refractivity contribution in [1.29, 1.82) is 0 Å². The van der Waals surface area contributed by atoms with E-state index in [0.717, 1.165) is 32.4 Å². The van der Waals surface area contributed by atoms with Crippen LogP contribution < -0.4 is 0 Å². The number of alkyl halides is 2. The summed E-state index contributed by atoms with van der Waals surface area (Å²) in [6.45, 7) is 1.09. The van der Waals surface area contributed by atoms with Crippen LogP contribution in [-0.4, -0.2) is 52.5 Å². The summed E-state index contributed by atoms with van der Waals surface area (Å²) in [6, 6.07) is 21.3. The standard InChI is InChI=1S/C30H34Cl2O5S2/c31-25-16-23(18-36-17-21-8-4-9-22(14-21)30(35)37-13-5-12-33)24(29(25)32)19-38-28-11-10-27(39-28)26(34)15-20-6-2-1-3-7-20/h1-4,6-11,14,23-26,29,33-34H,5,12-13,15-19H2/t23-,24-,25?,26?,29?/m1/s1. The first-order valence-electron chi connectivity index (χ1n) is 13.1. The van der Waals surface area contributed by atoms with Crippen molar-refractivity contribution in [3.63, 3.8) is 0 Å². The van der Waals surface area contributed by atoms with Gasteiger partial charge in [-0.25, -0.2) is 4.79 Å². The molecule has 0 bridgehead atoms. The first kappa shape index (κ1) is 30.4. The van der Waals surface area contributed by atoms with E-state index in [1.54, 1.807) is 35.2 Å². The molecule has 0 radical (unpaired) electrons. The van der Waals surface area contributed by atoms with Crippen LogP contribution in [0.1, 0.15) is 45.3 Å². The van der Waals surface area contributed by atoms with Gasteiger partial charge in [0.1, 0.15) is 0 Å². The van der Waals surface area contributed by atoms with Gasteiger partial charge >= 0.3 is 5.97 Å². The number of thiophene rings is 1. The zero-order valence-corrected chi connectivity index (χ0v) is 24.7. The minimum Gasteiger partial charge on any atom is -0.462 e. The second kappa shape index (κ2) is 15.4. The van der Waals surface area contributed by atoms with E-state index in [2.05, 4.69) is 6.07 Å². The van der Waals surface area contributed by atoms with E-state index in [4.69, 9.17) is 37.8 Å². The van der Waals surface area contributed by atoms with Gasteiger partial charge in [0, 0.05) is 30.1 Å². The molecule has 210 valence electrons. The van der Waals surface area contributed by atoms with Gasteiger partial charge in [-0.15, -0.1) is 46.3 Å². The molecule has 1 heterocycles. The van der Waals surface area contributed by atoms with E-state index in [1.165, 1.54) is 0 Å². The van der Waals surface area contributed by atoms with Crippen molar-refractivity contribution in [3.8, 4) is 0 Å². The number of carbonyl (C=O) groups excluding carboxylic acids is 1. The molecule has 0 spiro atoms. The molecular formula is C30H34Cl2O5S2. The first-order valence-corrected chi connectivity index (χ1v) is 15.8. The van der Waals surface area contributed by atoms with Crippen molar-refractivity contribution in [2.24, 2.45) is 11.8 Å². The lowest BCUT2D eigenvalue weighted by Gasteiger charge is -2.21. The van der Waals surface area contributed by atoms with Crippen LogP contribution in [0.4, 0.5) is 0 Å². The summed E-state index contributed by atoms with van der Waals surface area (Å²) >= 11 is 16.7. The SMILES string of the molecule is O=C(OCCCO)c1cccc(COC[C@H]2CC(Cl)C(Cl)[C@@H]2CSc2ccc(C(O)Cc3ccccc3)s2)c1. The number of esters is 1. The van der Waals surface area contributed by atoms with Gasteiger partial charge in [0.05, 0.1) is 46.5 Å². The molecule has 1 aliphatic rings. The summed E-state index contributed by atoms with van der Waals surface area (Å²) in [7, 11) is 0. The summed E-state index contributed by atoms with van der Waals surface area (Å²) in [5, 5.41) is 19.3. The highest BCUT2D eigenvalue weighted by Gasteiger charge is 2.41. The number of hydrogen-bond donors (Lipinski definition) is 2. The van der Waals surface area contributed by atoms with E-state index < -0.39 is 12.1 Å². The van der Waals surface area contributed by atoms with Gasteiger partial charge in [-0.05, 0) is 53.6 Å². The monoisotopic (exact) mass is 608 g/mol. The number of aliphatic hydroxyl groups excluding tert-OH is 2. The first-order chi connectivity index (χ1) is 18.9. The Morgan fingerprint density at radius 1 is 1.08 bits per heavy atom. The van der Waals surface area contributed by atoms with Gasteiger partial charge in [0.15, 0.2) is 0 Å². The van der Waals surface area contributed by atoms with Gasteiger partial charge in [-0.1, -0.05) is 42.5 Å². The molecule has 39 heavy (non-hydrogen) atoms. The Kier molecular flexibility index (Phi) is 12.0. The van der Waals surface area contributed by atoms with Gasteiger partial charge in [-0.2, -0.15) is 0 Å². The van der Waals surface area contributed by atoms with E-state index >= 15 is 0 Å². The van der Waals surface area contributed by atoms with Crippen LogP contribution in [0.5, 0.6) is 0 Å². The number of aliphatic hydroxyl groups is 2. The Balaban J connectivity index is 1.27. The van der Waals surface area contributed by atoms with E-state index in [9.17, 15) is 9.90 Å². The molecule has 2 N–H and O–H groups in total. The highest BCUT2D eigenvalue weighted by atomic mass is 35.5. The third-order valence-corrected chi connectivity index (χ3v) is 10.6. The van der Waals surface area contributed by atoms with Gasteiger partial charge < -0.3 is 19.7 Å². The molecule has 2 aromatic carbocycles. The average molecular weight is 610 g/mol. The average Bonchev–Trinajstić information content (AvgIpc) is 3.52. The molecule has 1 saturated carbocycles. The van der Waals surface area contributed by atoms with Crippen LogP contribution in [-0.2, 0) is 22.5 Å². The van der Waals surface area contributed by atoms with Gasteiger partial charge in [-0.3, -0.25) is 0 Å². The molecule has 3 unspecified atom stereocenters. The lowest BCUT2D eigenvalue weighted by atomic mass is 9.99. The molecule has 1 aliphatic carbocycles. The minimum absolute atomic E-state index is 0.0135. The molecule has 0 saturated heterocycles. The molecule has 4 rings (SSSR count). The Labute approximate surface area is 248 Å². The van der Waals surface area contributed by atoms with Crippen molar-refractivity contribution in [2.75, 3.05) is 25.6 Å². The minimum atomic E-state index is -0.520. The topological polar surface area (TPSA) is 76.0 Å². The van der Waals surface area contributed by atoms with Crippen LogP contribution in [0.3, 0.4) is 0 Å². The zero-order chi connectivity index (χ0) is 27.6. The van der Waals surface area contributed by atoms with Crippen molar-refractivity contribution < 1.29 is 24.5 Å². The molecule has 5 atom stereocenters. The van der Waals surface area contributed by atoms with Gasteiger partial charge in [0.2, 0.25) is 0 Å². The highest BCUT2D eigenvalue weighted by Crippen LogP contribution is 2.43. The third kappa shape index (κ3) is 8.95. The van der Waals surface area contributed by atoms with Crippen molar-refractivity contribution in [1.82, 2.24) is 0 Å². The summed E-state index contributed by atoms with van der Waals surface area (Å²) in [4.78, 5) is 13.2. The molecule has 9 heteroatoms. The number of ether oxygens (including phenoxy) is 2. The number of benzene rings is 2. The van der Waals surface area contributed by atoms with E-state index in [1.807, 2.05) is 48.5 Å². The summed E-state index contributed by atoms with van der Waals surface area (Å²) < 4.78 is 12.4. The number of hydrogen-bond acceptors (Lipinski definition) is 7. The Morgan fingerprint density at radius 3 is 2.67 bits per heavy atom. The molecule has 5 nitrogen and oxygen atoms in total. The maximum atomic E-state index is 12.2. The molecular weight excluding hydrogens is 575 g/mol. The van der Waals surface area contributed by atoms with Crippen LogP contribution in [0, 0.1) is 11.8 Å². The van der Waals surface area contributed by atoms with Crippen molar-refractivity contribution in [2.45, 2.75) is 46.9 Å². The number of carbonyl (C=O) groups is 1. The number of rotatable bonds is 14. The quantitative estimate of drug-likeness (QED) is 0.0915. The van der Waals surface area contributed by atoms with E-state index in [0.29, 0.717) is 31.6 Å². The normalized spacial score (nSPS) is 21.6. The number of halogens is 2. The fourth-order valence-corrected chi connectivity index (χ4v) is 8.05. The lowest BCUT2D eigenvalue weighted by Crippen LogP contribution is -2.23. The zero-order valence-electron chi connectivity index (χ0n) is 21.6. The lowest BCUT2D eigenvalue weighted by molar-refractivity contribution is 0.0481. The van der Waals surface area contributed by atoms with Crippen molar-refractivity contribution >= 4 is 52.3 Å². The maximum absolute atomic E-state index is 12.2. The third-order valence-electron chi connectivity index (χ3n) is 6.81. The predicted molar refractivity (Wildman–Crippen MR) is 159 cm³/mol. The molecule has 3 aromatic rings. The highest BCUT2D eigenvalue weighted by molar-refractivity contribution is 8.01. The Morgan fingerprint density at radius 2 is 1.87 bits per heavy atom. The largest absolute Gasteiger partial charge is 0.462 e. The summed E-state index contributed by atoms with van der Waals surface area (Å²) in [6.07, 6.45) is 1.29. The van der Waals surface area contributed by atoms with Crippen molar-refractivity contribution in [3.05, 3.63) is 88.3 Å². The Hall–Kier alpha value is -1.58. The van der Waals surface area contributed by atoms with Crippen LogP contribution in [0.2, 0.25) is 0 Å². The maximum Gasteiger partial charge on any atom is 0.338 e. The second-order valence-corrected chi connectivity index (χ2v) is 13.2. The summed E-state index contributed by atoms with van der Waals surface area (Å²) in [5.41, 5.74) is 2.47. The van der Waals surface area contributed by atoms with Crippen LogP contribution in [0.15, 0.2) is 70.9 Å². The smallest absolute Gasteiger partial charge is 0.338 e. The number of thioether (sulfide) groups is 1. The molecule has 0 aliphatic heterocycles. The predicted octanol–water partition coefficient (Wildman–Crippen LogP) is 6.72. The molecule has 1 fully saturated rings. The van der Waals surface area contributed by atoms with Crippen LogP contribution in [0.25, 0.3) is 0 Å². The molecule has 1 aromatic heterocycles. The van der Waals surface area contributed by atoms with Gasteiger partial charge in [0.25, 0.3) is 0 Å². The fraction of sp³-hybridized carbons (Fsp3) is 0.433. The summed E-state index contributed by atoms with van der Waals surface area (Å²) in [5.74, 6) is 0.858. The van der Waals surface area contributed by atoms with E-state index in [-0.39, 0.29) is 35.8 Å². The second-order valence-electron chi connectivity index (χ2n) is 9.72.